The number of carbonyl (C=O) groups excluding carboxylic acids is 2. The van der Waals surface area contributed by atoms with Gasteiger partial charge in [-0.25, -0.2) is 9.18 Å². The highest BCUT2D eigenvalue weighted by Crippen LogP contribution is 2.59. The number of amides is 3. The van der Waals surface area contributed by atoms with Crippen LogP contribution >= 0.6 is 0 Å². The number of nitrogens with zero attached hydrogens (tertiary/aromatic N) is 3. The Balaban J connectivity index is 1.31. The van der Waals surface area contributed by atoms with Crippen molar-refractivity contribution in [1.29, 1.82) is 0 Å². The van der Waals surface area contributed by atoms with Gasteiger partial charge >= 0.3 is 6.03 Å². The maximum Gasteiger partial charge on any atom is 0.322 e. The molecule has 1 saturated carbocycles. The van der Waals surface area contributed by atoms with Crippen LogP contribution in [-0.4, -0.2) is 72.5 Å². The number of hydrogen-bond donors (Lipinski definition) is 1. The average Bonchev–Trinajstić information content (AvgIpc) is 2.82. The van der Waals surface area contributed by atoms with E-state index in [2.05, 4.69) is 55.8 Å². The van der Waals surface area contributed by atoms with Crippen LogP contribution in [0.25, 0.3) is 0 Å². The van der Waals surface area contributed by atoms with E-state index in [1.807, 2.05) is 0 Å². The number of carbonyl (C=O) groups is 2. The number of hydrogen-bond acceptors (Lipinski definition) is 3. The number of urea groups is 1. The van der Waals surface area contributed by atoms with Crippen molar-refractivity contribution in [2.75, 3.05) is 51.1 Å². The second kappa shape index (κ2) is 10.5. The van der Waals surface area contributed by atoms with E-state index >= 15 is 0 Å². The van der Waals surface area contributed by atoms with Crippen molar-refractivity contribution in [3.63, 3.8) is 0 Å². The van der Waals surface area contributed by atoms with Crippen molar-refractivity contribution in [1.82, 2.24) is 14.7 Å². The van der Waals surface area contributed by atoms with Gasteiger partial charge in [0.1, 0.15) is 5.82 Å². The minimum Gasteiger partial charge on any atom is -0.337 e. The van der Waals surface area contributed by atoms with E-state index < -0.39 is 5.82 Å². The maximum absolute atomic E-state index is 13.9. The fourth-order valence-corrected chi connectivity index (χ4v) is 5.93. The molecule has 1 heterocycles. The van der Waals surface area contributed by atoms with Gasteiger partial charge in [-0.3, -0.25) is 9.69 Å². The lowest BCUT2D eigenvalue weighted by atomic mass is 9.49. The van der Waals surface area contributed by atoms with Crippen LogP contribution in [0.3, 0.4) is 0 Å². The largest absolute Gasteiger partial charge is 0.337 e. The van der Waals surface area contributed by atoms with Crippen LogP contribution in [0.1, 0.15) is 53.9 Å². The van der Waals surface area contributed by atoms with Crippen LogP contribution in [0.5, 0.6) is 0 Å². The van der Waals surface area contributed by atoms with Crippen LogP contribution < -0.4 is 5.32 Å². The molecule has 2 atom stereocenters. The highest BCUT2D eigenvalue weighted by Gasteiger charge is 2.51. The molecule has 0 spiro atoms. The Labute approximate surface area is 215 Å². The number of nitrogens with one attached hydrogen (secondary N) is 1. The van der Waals surface area contributed by atoms with Crippen LogP contribution in [-0.2, 0) is 4.79 Å². The lowest BCUT2D eigenvalue weighted by molar-refractivity contribution is -0.133. The molecule has 0 radical (unpaired) electrons. The summed E-state index contributed by atoms with van der Waals surface area (Å²) in [6.07, 6.45) is 5.34. The molecule has 1 aromatic carbocycles. The van der Waals surface area contributed by atoms with Gasteiger partial charge in [0.25, 0.3) is 0 Å². The third-order valence-corrected chi connectivity index (χ3v) is 8.45. The first-order valence-electron chi connectivity index (χ1n) is 13.4. The summed E-state index contributed by atoms with van der Waals surface area (Å²) in [5.74, 6) is 1.18. The van der Waals surface area contributed by atoms with E-state index in [0.29, 0.717) is 37.4 Å². The highest BCUT2D eigenvalue weighted by molar-refractivity contribution is 5.89. The molecule has 5 rings (SSSR count). The Bertz CT molecular complexity index is 991. The van der Waals surface area contributed by atoms with E-state index in [1.54, 1.807) is 23.1 Å². The molecule has 198 valence electrons. The van der Waals surface area contributed by atoms with Crippen molar-refractivity contribution in [3.05, 3.63) is 41.7 Å². The summed E-state index contributed by atoms with van der Waals surface area (Å²) in [5, 5.41) is 2.68. The third kappa shape index (κ3) is 6.10. The molecule has 1 N–H and O–H groups in total. The van der Waals surface area contributed by atoms with Gasteiger partial charge in [0.2, 0.25) is 5.91 Å². The molecule has 2 fully saturated rings. The van der Waals surface area contributed by atoms with Gasteiger partial charge < -0.3 is 15.1 Å². The standard InChI is InChI=1S/C29H43FN4O2/c1-28(2,3)19-26(35)34(20-21-10-11-22-18-23(21)29(22,4)5)17-14-32-12-15-33(16-13-32)27(36)31-25-9-7-6-8-24(25)30/h6-10,22-23H,11-20H2,1-5H3,(H,31,36). The Kier molecular flexibility index (Phi) is 7.79. The summed E-state index contributed by atoms with van der Waals surface area (Å²) in [7, 11) is 0. The first-order valence-corrected chi connectivity index (χ1v) is 13.4. The van der Waals surface area contributed by atoms with Gasteiger partial charge in [-0.2, -0.15) is 0 Å². The summed E-state index contributed by atoms with van der Waals surface area (Å²) in [4.78, 5) is 32.0. The zero-order valence-electron chi connectivity index (χ0n) is 22.6. The molecule has 3 aliphatic carbocycles. The van der Waals surface area contributed by atoms with Crippen molar-refractivity contribution in [2.24, 2.45) is 22.7 Å². The minimum absolute atomic E-state index is 0.0473. The molecule has 7 heteroatoms. The van der Waals surface area contributed by atoms with Gasteiger partial charge in [-0.15, -0.1) is 0 Å². The Hall–Kier alpha value is -2.41. The number of anilines is 1. The number of allylic oxidation sites excluding steroid dienone is 1. The van der Waals surface area contributed by atoms with Crippen molar-refractivity contribution in [3.8, 4) is 0 Å². The Morgan fingerprint density at radius 3 is 2.44 bits per heavy atom. The molecule has 1 aliphatic heterocycles. The lowest BCUT2D eigenvalue weighted by Crippen LogP contribution is -2.53. The summed E-state index contributed by atoms with van der Waals surface area (Å²) in [6.45, 7) is 16.0. The summed E-state index contributed by atoms with van der Waals surface area (Å²) in [5.41, 5.74) is 1.95. The first kappa shape index (κ1) is 26.6. The summed E-state index contributed by atoms with van der Waals surface area (Å²) < 4.78 is 13.9. The maximum atomic E-state index is 13.9. The fraction of sp³-hybridized carbons (Fsp3) is 0.655. The fourth-order valence-electron chi connectivity index (χ4n) is 5.93. The molecule has 36 heavy (non-hydrogen) atoms. The Morgan fingerprint density at radius 1 is 1.14 bits per heavy atom. The van der Waals surface area contributed by atoms with E-state index in [9.17, 15) is 14.0 Å². The zero-order chi connectivity index (χ0) is 26.1. The molecule has 1 aromatic rings. The van der Waals surface area contributed by atoms with Crippen LogP contribution in [0.2, 0.25) is 0 Å². The van der Waals surface area contributed by atoms with Gasteiger partial charge in [-0.1, -0.05) is 58.4 Å². The number of benzene rings is 1. The lowest BCUT2D eigenvalue weighted by Gasteiger charge is -2.57. The number of halogens is 1. The predicted molar refractivity (Wildman–Crippen MR) is 142 cm³/mol. The molecular formula is C29H43FN4O2. The number of piperazine rings is 1. The van der Waals surface area contributed by atoms with Crippen molar-refractivity contribution < 1.29 is 14.0 Å². The van der Waals surface area contributed by atoms with Crippen LogP contribution in [0.4, 0.5) is 14.9 Å². The second-order valence-corrected chi connectivity index (χ2v) is 12.6. The molecular weight excluding hydrogens is 455 g/mol. The van der Waals surface area contributed by atoms with Crippen LogP contribution in [0, 0.1) is 28.5 Å². The minimum atomic E-state index is -0.432. The summed E-state index contributed by atoms with van der Waals surface area (Å²) in [6, 6.07) is 5.95. The van der Waals surface area contributed by atoms with E-state index in [1.165, 1.54) is 18.1 Å². The number of para-hydroxylation sites is 1. The van der Waals surface area contributed by atoms with E-state index in [4.69, 9.17) is 0 Å². The molecule has 3 amide bonds. The number of fused-ring (bicyclic) bond motifs is 1. The molecule has 2 bridgehead atoms. The molecule has 4 aliphatic rings. The third-order valence-electron chi connectivity index (χ3n) is 8.45. The van der Waals surface area contributed by atoms with Crippen molar-refractivity contribution >= 4 is 17.6 Å². The van der Waals surface area contributed by atoms with Gasteiger partial charge in [-0.05, 0) is 47.6 Å². The second-order valence-electron chi connectivity index (χ2n) is 12.6. The van der Waals surface area contributed by atoms with E-state index in [0.717, 1.165) is 38.5 Å². The SMILES string of the molecule is CC(C)(C)CC(=O)N(CCN1CCN(C(=O)Nc2ccccc2F)CC1)CC1=CCC2CC1C2(C)C. The highest BCUT2D eigenvalue weighted by atomic mass is 19.1. The zero-order valence-corrected chi connectivity index (χ0v) is 22.6. The molecule has 1 saturated heterocycles. The predicted octanol–water partition coefficient (Wildman–Crippen LogP) is 5.23. The molecule has 2 unspecified atom stereocenters. The van der Waals surface area contributed by atoms with Gasteiger partial charge in [0.15, 0.2) is 0 Å². The van der Waals surface area contributed by atoms with Crippen molar-refractivity contribution in [2.45, 2.75) is 53.9 Å². The van der Waals surface area contributed by atoms with Gasteiger partial charge in [0.05, 0.1) is 5.69 Å². The smallest absolute Gasteiger partial charge is 0.322 e. The number of rotatable bonds is 7. The molecule has 0 aromatic heterocycles. The quantitative estimate of drug-likeness (QED) is 0.524. The van der Waals surface area contributed by atoms with Gasteiger partial charge in [0, 0.05) is 52.2 Å². The summed E-state index contributed by atoms with van der Waals surface area (Å²) >= 11 is 0. The topological polar surface area (TPSA) is 55.9 Å². The van der Waals surface area contributed by atoms with E-state index in [-0.39, 0.29) is 23.0 Å². The average molecular weight is 499 g/mol. The first-order chi connectivity index (χ1) is 16.9. The molecule has 6 nitrogen and oxygen atoms in total. The Morgan fingerprint density at radius 2 is 1.83 bits per heavy atom. The van der Waals surface area contributed by atoms with Crippen LogP contribution in [0.15, 0.2) is 35.9 Å². The normalized spacial score (nSPS) is 23.5. The monoisotopic (exact) mass is 498 g/mol.